The monoisotopic (exact) mass is 259 g/mol. The average molecular weight is 259 g/mol. The van der Waals surface area contributed by atoms with Crippen LogP contribution < -0.4 is 4.74 Å². The Balaban J connectivity index is 2.34. The van der Waals surface area contributed by atoms with E-state index in [1.165, 1.54) is 0 Å². The molecule has 0 radical (unpaired) electrons. The Morgan fingerprint density at radius 2 is 1.84 bits per heavy atom. The van der Waals surface area contributed by atoms with Crippen molar-refractivity contribution in [2.24, 2.45) is 0 Å². The van der Waals surface area contributed by atoms with E-state index in [9.17, 15) is 5.11 Å². The maximum atomic E-state index is 9.88. The predicted octanol–water partition coefficient (Wildman–Crippen LogP) is 2.88. The minimum Gasteiger partial charge on any atom is -0.472 e. The number of hydrogen-bond acceptors (Lipinski definition) is 3. The van der Waals surface area contributed by atoms with Gasteiger partial charge >= 0.3 is 0 Å². The minimum absolute atomic E-state index is 0.337. The molecule has 1 N–H and O–H groups in total. The summed E-state index contributed by atoms with van der Waals surface area (Å²) in [6.45, 7) is 4.62. The first kappa shape index (κ1) is 13.8. The molecule has 2 unspecified atom stereocenters. The first-order valence-corrected chi connectivity index (χ1v) is 6.66. The summed E-state index contributed by atoms with van der Waals surface area (Å²) in [5, 5.41) is 12.1. The van der Waals surface area contributed by atoms with Crippen LogP contribution in [0.5, 0.6) is 5.75 Å². The predicted molar refractivity (Wildman–Crippen MR) is 78.3 cm³/mol. The highest BCUT2D eigenvalue weighted by molar-refractivity contribution is 5.88. The third kappa shape index (κ3) is 3.06. The van der Waals surface area contributed by atoms with Gasteiger partial charge in [0.2, 0.25) is 0 Å². The lowest BCUT2D eigenvalue weighted by Crippen LogP contribution is -2.44. The van der Waals surface area contributed by atoms with Gasteiger partial charge < -0.3 is 9.84 Å². The van der Waals surface area contributed by atoms with Crippen LogP contribution in [0.25, 0.3) is 10.8 Å². The minimum atomic E-state index is -0.552. The summed E-state index contributed by atoms with van der Waals surface area (Å²) in [4.78, 5) is 1.99. The summed E-state index contributed by atoms with van der Waals surface area (Å²) >= 11 is 0. The van der Waals surface area contributed by atoms with E-state index >= 15 is 0 Å². The van der Waals surface area contributed by atoms with Crippen molar-refractivity contribution in [3.05, 3.63) is 42.5 Å². The second kappa shape index (κ2) is 6.04. The fourth-order valence-corrected chi connectivity index (χ4v) is 2.17. The molecule has 0 aliphatic heterocycles. The molecule has 3 nitrogen and oxygen atoms in total. The molecule has 0 bridgehead atoms. The van der Waals surface area contributed by atoms with E-state index in [4.69, 9.17) is 4.74 Å². The van der Waals surface area contributed by atoms with Gasteiger partial charge in [-0.25, -0.2) is 0 Å². The molecule has 0 amide bonds. The van der Waals surface area contributed by atoms with Crippen molar-refractivity contribution in [2.45, 2.75) is 26.2 Å². The summed E-state index contributed by atoms with van der Waals surface area (Å²) in [7, 11) is 1.95. The highest BCUT2D eigenvalue weighted by Gasteiger charge is 2.21. The Labute approximate surface area is 114 Å². The largest absolute Gasteiger partial charge is 0.472 e. The van der Waals surface area contributed by atoms with E-state index in [0.717, 1.165) is 23.1 Å². The lowest BCUT2D eigenvalue weighted by Gasteiger charge is -2.30. The van der Waals surface area contributed by atoms with Gasteiger partial charge in [-0.2, -0.15) is 0 Å². The van der Waals surface area contributed by atoms with Crippen molar-refractivity contribution >= 4 is 10.8 Å². The van der Waals surface area contributed by atoms with Crippen molar-refractivity contribution in [3.8, 4) is 5.75 Å². The second-order valence-corrected chi connectivity index (χ2v) is 4.80. The van der Waals surface area contributed by atoms with Crippen LogP contribution in [0.4, 0.5) is 0 Å². The molecule has 102 valence electrons. The average Bonchev–Trinajstić information content (AvgIpc) is 2.43. The first-order valence-electron chi connectivity index (χ1n) is 6.66. The van der Waals surface area contributed by atoms with Gasteiger partial charge in [-0.1, -0.05) is 43.3 Å². The molecule has 0 heterocycles. The molecule has 0 spiro atoms. The fraction of sp³-hybridized carbons (Fsp3) is 0.375. The Kier molecular flexibility index (Phi) is 4.40. The van der Waals surface area contributed by atoms with E-state index in [1.807, 2.05) is 49.2 Å². The maximum Gasteiger partial charge on any atom is 0.178 e. The number of aliphatic hydroxyl groups is 1. The van der Waals surface area contributed by atoms with Crippen LogP contribution in [-0.2, 0) is 0 Å². The van der Waals surface area contributed by atoms with Gasteiger partial charge in [0.1, 0.15) is 11.9 Å². The van der Waals surface area contributed by atoms with Crippen LogP contribution in [-0.4, -0.2) is 35.9 Å². The Hall–Kier alpha value is -1.58. The number of aliphatic hydroxyl groups excluding tert-OH is 1. The number of benzene rings is 2. The number of nitrogens with zero attached hydrogens (tertiary/aromatic N) is 1. The summed E-state index contributed by atoms with van der Waals surface area (Å²) in [5.74, 6) is 0.810. The van der Waals surface area contributed by atoms with E-state index in [0.29, 0.717) is 0 Å². The molecule has 2 aromatic rings. The van der Waals surface area contributed by atoms with Gasteiger partial charge in [-0.15, -0.1) is 0 Å². The third-order valence-electron chi connectivity index (χ3n) is 3.34. The molecule has 0 fully saturated rings. The zero-order valence-corrected chi connectivity index (χ0v) is 11.7. The van der Waals surface area contributed by atoms with Gasteiger partial charge in [-0.05, 0) is 32.0 Å². The smallest absolute Gasteiger partial charge is 0.178 e. The van der Waals surface area contributed by atoms with Gasteiger partial charge in [0.05, 0.1) is 0 Å². The van der Waals surface area contributed by atoms with E-state index in [1.54, 1.807) is 6.92 Å². The first-order chi connectivity index (χ1) is 9.13. The molecule has 2 rings (SSSR count). The summed E-state index contributed by atoms with van der Waals surface area (Å²) < 4.78 is 6.02. The lowest BCUT2D eigenvalue weighted by atomic mass is 10.1. The number of hydrogen-bond donors (Lipinski definition) is 1. The zero-order valence-electron chi connectivity index (χ0n) is 11.7. The standard InChI is InChI=1S/C16H21NO2/c1-4-17(3)16(12(2)18)19-15-11-7-9-13-8-5-6-10-14(13)15/h5-12,16,18H,4H2,1-3H3. The van der Waals surface area contributed by atoms with Gasteiger partial charge in [0.25, 0.3) is 0 Å². The zero-order chi connectivity index (χ0) is 13.8. The van der Waals surface area contributed by atoms with Crippen LogP contribution in [0.3, 0.4) is 0 Å². The maximum absolute atomic E-state index is 9.88. The number of fused-ring (bicyclic) bond motifs is 1. The summed E-state index contributed by atoms with van der Waals surface area (Å²) in [6, 6.07) is 14.1. The fourth-order valence-electron chi connectivity index (χ4n) is 2.17. The normalized spacial score (nSPS) is 14.6. The molecule has 0 aliphatic carbocycles. The number of rotatable bonds is 5. The quantitative estimate of drug-likeness (QED) is 0.838. The molecular weight excluding hydrogens is 238 g/mol. The molecule has 3 heteroatoms. The van der Waals surface area contributed by atoms with Crippen LogP contribution in [0, 0.1) is 0 Å². The van der Waals surface area contributed by atoms with Crippen LogP contribution in [0.2, 0.25) is 0 Å². The van der Waals surface area contributed by atoms with Crippen molar-refractivity contribution in [1.29, 1.82) is 0 Å². The molecule has 0 saturated heterocycles. The second-order valence-electron chi connectivity index (χ2n) is 4.80. The number of ether oxygens (including phenoxy) is 1. The Bertz CT molecular complexity index is 534. The Morgan fingerprint density at radius 3 is 2.53 bits per heavy atom. The van der Waals surface area contributed by atoms with E-state index in [-0.39, 0.29) is 6.23 Å². The molecule has 0 saturated carbocycles. The van der Waals surface area contributed by atoms with Gasteiger partial charge in [0.15, 0.2) is 6.23 Å². The van der Waals surface area contributed by atoms with Crippen molar-refractivity contribution < 1.29 is 9.84 Å². The van der Waals surface area contributed by atoms with E-state index in [2.05, 4.69) is 12.1 Å². The molecule has 0 aliphatic rings. The summed E-state index contributed by atoms with van der Waals surface area (Å²) in [6.07, 6.45) is -0.889. The lowest BCUT2D eigenvalue weighted by molar-refractivity contribution is -0.0432. The SMILES string of the molecule is CCN(C)C(Oc1cccc2ccccc12)C(C)O. The third-order valence-corrected chi connectivity index (χ3v) is 3.34. The molecule has 2 aromatic carbocycles. The highest BCUT2D eigenvalue weighted by atomic mass is 16.5. The van der Waals surface area contributed by atoms with Gasteiger partial charge in [-0.3, -0.25) is 4.90 Å². The highest BCUT2D eigenvalue weighted by Crippen LogP contribution is 2.26. The molecule has 19 heavy (non-hydrogen) atoms. The van der Waals surface area contributed by atoms with Crippen LogP contribution >= 0.6 is 0 Å². The molecule has 2 atom stereocenters. The van der Waals surface area contributed by atoms with E-state index < -0.39 is 6.10 Å². The topological polar surface area (TPSA) is 32.7 Å². The van der Waals surface area contributed by atoms with Crippen molar-refractivity contribution in [1.82, 2.24) is 4.90 Å². The molecular formula is C16H21NO2. The molecule has 0 aromatic heterocycles. The summed E-state index contributed by atoms with van der Waals surface area (Å²) in [5.41, 5.74) is 0. The number of likely N-dealkylation sites (N-methyl/N-ethyl adjacent to an activating group) is 1. The van der Waals surface area contributed by atoms with Crippen molar-refractivity contribution in [3.63, 3.8) is 0 Å². The Morgan fingerprint density at radius 1 is 1.16 bits per heavy atom. The van der Waals surface area contributed by atoms with Crippen LogP contribution in [0.1, 0.15) is 13.8 Å². The van der Waals surface area contributed by atoms with Crippen LogP contribution in [0.15, 0.2) is 42.5 Å². The van der Waals surface area contributed by atoms with Gasteiger partial charge in [0, 0.05) is 5.39 Å². The van der Waals surface area contributed by atoms with Crippen molar-refractivity contribution in [2.75, 3.05) is 13.6 Å².